The number of aromatic nitrogens is 2. The minimum absolute atomic E-state index is 0.115. The van der Waals surface area contributed by atoms with Crippen LogP contribution in [0.5, 0.6) is 0 Å². The summed E-state index contributed by atoms with van der Waals surface area (Å²) in [6.07, 6.45) is 11.2. The van der Waals surface area contributed by atoms with E-state index in [1.165, 1.54) is 96.7 Å². The summed E-state index contributed by atoms with van der Waals surface area (Å²) in [5.41, 5.74) is 7.67. The number of thiophene rings is 1. The predicted octanol–water partition coefficient (Wildman–Crippen LogP) is 12.4. The third-order valence-electron chi connectivity index (χ3n) is 12.8. The van der Waals surface area contributed by atoms with Gasteiger partial charge in [0.1, 0.15) is 0 Å². The van der Waals surface area contributed by atoms with E-state index in [1.54, 1.807) is 0 Å². The van der Waals surface area contributed by atoms with Crippen LogP contribution in [0.15, 0.2) is 152 Å². The van der Waals surface area contributed by atoms with Crippen LogP contribution in [0.4, 0.5) is 0 Å². The highest BCUT2D eigenvalue weighted by molar-refractivity contribution is 7.26. The molecule has 7 aromatic carbocycles. The first kappa shape index (κ1) is 31.2. The second kappa shape index (κ2) is 11.4. The van der Waals surface area contributed by atoms with E-state index in [1.807, 2.05) is 11.3 Å². The molecule has 10 aromatic rings. The second-order valence-corrected chi connectivity index (χ2v) is 17.1. The molecule has 55 heavy (non-hydrogen) atoms. The molecule has 0 fully saturated rings. The number of fused-ring (bicyclic) bond motifs is 14. The first-order valence-corrected chi connectivity index (χ1v) is 20.3. The third kappa shape index (κ3) is 4.36. The molecule has 0 saturated carbocycles. The molecular formula is C52H38N2S. The highest BCUT2D eigenvalue weighted by Gasteiger charge is 2.40. The fraction of sp³-hybridized carbons (Fsp3) is 0.115. The first-order chi connectivity index (χ1) is 27.1. The Kier molecular flexibility index (Phi) is 6.49. The lowest BCUT2D eigenvalue weighted by Gasteiger charge is -2.40. The topological polar surface area (TPSA) is 9.86 Å². The van der Waals surface area contributed by atoms with Crippen molar-refractivity contribution in [3.8, 4) is 11.4 Å². The van der Waals surface area contributed by atoms with Crippen molar-refractivity contribution in [3.05, 3.63) is 173 Å². The maximum atomic E-state index is 2.65. The van der Waals surface area contributed by atoms with Gasteiger partial charge >= 0.3 is 0 Å². The SMILES string of the molecule is CC1C=c2c(c3c4ccccc4ccc3n2-c2ccccc2)=CC1C1(C)C=Cc2c(n(-c3ccccc3)c3c2ccc2ccc4c5ccccc5sc4c23)C1. The van der Waals surface area contributed by atoms with Gasteiger partial charge in [0.25, 0.3) is 0 Å². The summed E-state index contributed by atoms with van der Waals surface area (Å²) in [4.78, 5) is 0. The highest BCUT2D eigenvalue weighted by Crippen LogP contribution is 2.49. The van der Waals surface area contributed by atoms with Crippen LogP contribution in [0.3, 0.4) is 0 Å². The summed E-state index contributed by atoms with van der Waals surface area (Å²) in [5, 5.41) is 13.3. The Bertz CT molecular complexity index is 3380. The van der Waals surface area contributed by atoms with Crippen LogP contribution < -0.4 is 10.6 Å². The van der Waals surface area contributed by atoms with Gasteiger partial charge in [0.15, 0.2) is 0 Å². The minimum Gasteiger partial charge on any atom is -0.312 e. The molecule has 3 atom stereocenters. The number of nitrogens with zero attached hydrogens (tertiary/aromatic N) is 2. The van der Waals surface area contributed by atoms with E-state index >= 15 is 0 Å². The number of para-hydroxylation sites is 2. The lowest BCUT2D eigenvalue weighted by Crippen LogP contribution is -2.41. The van der Waals surface area contributed by atoms with Gasteiger partial charge in [0, 0.05) is 64.2 Å². The lowest BCUT2D eigenvalue weighted by molar-refractivity contribution is 0.275. The molecule has 3 aromatic heterocycles. The number of benzene rings is 7. The molecule has 2 nitrogen and oxygen atoms in total. The summed E-state index contributed by atoms with van der Waals surface area (Å²) in [6.45, 7) is 4.94. The zero-order valence-electron chi connectivity index (χ0n) is 30.8. The molecule has 12 rings (SSSR count). The average molecular weight is 723 g/mol. The van der Waals surface area contributed by atoms with Crippen molar-refractivity contribution in [2.75, 3.05) is 0 Å². The minimum atomic E-state index is -0.115. The van der Waals surface area contributed by atoms with Gasteiger partial charge in [-0.05, 0) is 76.2 Å². The van der Waals surface area contributed by atoms with Gasteiger partial charge < -0.3 is 9.13 Å². The Labute approximate surface area is 323 Å². The molecule has 3 unspecified atom stereocenters. The summed E-state index contributed by atoms with van der Waals surface area (Å²) >= 11 is 1.93. The van der Waals surface area contributed by atoms with Crippen molar-refractivity contribution in [1.29, 1.82) is 0 Å². The van der Waals surface area contributed by atoms with Crippen molar-refractivity contribution < 1.29 is 0 Å². The molecule has 0 bridgehead atoms. The van der Waals surface area contributed by atoms with Crippen LogP contribution in [-0.4, -0.2) is 9.13 Å². The van der Waals surface area contributed by atoms with Gasteiger partial charge in [-0.3, -0.25) is 0 Å². The molecule has 3 heteroatoms. The van der Waals surface area contributed by atoms with E-state index in [0.29, 0.717) is 11.8 Å². The average Bonchev–Trinajstić information content (AvgIpc) is 3.88. The third-order valence-corrected chi connectivity index (χ3v) is 14.0. The first-order valence-electron chi connectivity index (χ1n) is 19.5. The van der Waals surface area contributed by atoms with E-state index in [9.17, 15) is 0 Å². The maximum absolute atomic E-state index is 2.65. The highest BCUT2D eigenvalue weighted by atomic mass is 32.1. The van der Waals surface area contributed by atoms with Crippen LogP contribution in [0.1, 0.15) is 25.1 Å². The Balaban J connectivity index is 1.11. The van der Waals surface area contributed by atoms with Gasteiger partial charge in [-0.15, -0.1) is 11.3 Å². The molecule has 0 radical (unpaired) electrons. The van der Waals surface area contributed by atoms with E-state index in [-0.39, 0.29) is 5.41 Å². The molecule has 3 heterocycles. The number of rotatable bonds is 3. The van der Waals surface area contributed by atoms with Gasteiger partial charge in [-0.1, -0.05) is 147 Å². The molecule has 0 amide bonds. The van der Waals surface area contributed by atoms with Gasteiger partial charge in [0.2, 0.25) is 0 Å². The predicted molar refractivity (Wildman–Crippen MR) is 236 cm³/mol. The van der Waals surface area contributed by atoms with Crippen LogP contribution in [0.25, 0.3) is 93.1 Å². The molecule has 262 valence electrons. The monoisotopic (exact) mass is 722 g/mol. The smallest absolute Gasteiger partial charge is 0.0630 e. The van der Waals surface area contributed by atoms with Crippen LogP contribution in [-0.2, 0) is 6.42 Å². The van der Waals surface area contributed by atoms with Crippen LogP contribution >= 0.6 is 11.3 Å². The van der Waals surface area contributed by atoms with Gasteiger partial charge in [-0.2, -0.15) is 0 Å². The zero-order valence-corrected chi connectivity index (χ0v) is 31.6. The van der Waals surface area contributed by atoms with Gasteiger partial charge in [0.05, 0.1) is 16.4 Å². The van der Waals surface area contributed by atoms with Crippen LogP contribution in [0, 0.1) is 17.3 Å². The largest absolute Gasteiger partial charge is 0.312 e. The maximum Gasteiger partial charge on any atom is 0.0630 e. The normalized spacial score (nSPS) is 19.3. The summed E-state index contributed by atoms with van der Waals surface area (Å²) in [5.74, 6) is 0.627. The molecule has 2 aliphatic rings. The molecule has 0 N–H and O–H groups in total. The fourth-order valence-electron chi connectivity index (χ4n) is 10.4. The van der Waals surface area contributed by atoms with Gasteiger partial charge in [-0.25, -0.2) is 0 Å². The van der Waals surface area contributed by atoms with E-state index in [4.69, 9.17) is 0 Å². The quantitative estimate of drug-likeness (QED) is 0.172. The Morgan fingerprint density at radius 3 is 2.07 bits per heavy atom. The summed E-state index contributed by atoms with van der Waals surface area (Å²) < 4.78 is 7.83. The lowest BCUT2D eigenvalue weighted by atomic mass is 9.65. The molecule has 0 saturated heterocycles. The number of hydrogen-bond acceptors (Lipinski definition) is 1. The van der Waals surface area contributed by atoms with E-state index < -0.39 is 0 Å². The zero-order chi connectivity index (χ0) is 36.4. The Hall–Kier alpha value is -6.16. The summed E-state index contributed by atoms with van der Waals surface area (Å²) in [6, 6.07) is 53.8. The Morgan fingerprint density at radius 1 is 0.600 bits per heavy atom. The van der Waals surface area contributed by atoms with Crippen molar-refractivity contribution in [2.24, 2.45) is 17.3 Å². The molecule has 2 aliphatic carbocycles. The van der Waals surface area contributed by atoms with Crippen molar-refractivity contribution in [3.63, 3.8) is 0 Å². The van der Waals surface area contributed by atoms with Crippen molar-refractivity contribution >= 4 is 93.1 Å². The second-order valence-electron chi connectivity index (χ2n) is 16.0. The van der Waals surface area contributed by atoms with E-state index in [0.717, 1.165) is 6.42 Å². The Morgan fingerprint density at radius 2 is 1.27 bits per heavy atom. The molecular weight excluding hydrogens is 685 g/mol. The summed E-state index contributed by atoms with van der Waals surface area (Å²) in [7, 11) is 0. The van der Waals surface area contributed by atoms with E-state index in [2.05, 4.69) is 193 Å². The van der Waals surface area contributed by atoms with Crippen LogP contribution in [0.2, 0.25) is 0 Å². The fourth-order valence-corrected chi connectivity index (χ4v) is 11.6. The number of hydrogen-bond donors (Lipinski definition) is 0. The number of allylic oxidation sites excluding steroid dienone is 1. The molecule has 0 aliphatic heterocycles. The molecule has 0 spiro atoms. The van der Waals surface area contributed by atoms with Crippen molar-refractivity contribution in [1.82, 2.24) is 9.13 Å². The van der Waals surface area contributed by atoms with Crippen molar-refractivity contribution in [2.45, 2.75) is 20.3 Å². The standard InChI is InChI=1S/C52H38N2S/c1-32-29-45-42(49-37-18-10-9-13-33(37)23-26-44(49)53(45)35-14-5-3-6-15-35)30-43(32)52(2)28-27-38-40-24-21-34-22-25-41-39-19-11-12-20-47(39)55-51(41)48(34)50(40)54(46(38)31-52)36-16-7-4-8-17-36/h3-30,32,43H,31H2,1-2H3.